The van der Waals surface area contributed by atoms with E-state index in [-0.39, 0.29) is 17.4 Å². The molecule has 0 radical (unpaired) electrons. The second kappa shape index (κ2) is 9.36. The van der Waals surface area contributed by atoms with Crippen LogP contribution in [0.2, 0.25) is 0 Å². The standard InChI is InChI=1S/C21H26FN7O2/c1-15-19(16(2)29(25-15)18-5-3-17(22)4-6-18)13-23-21(30)20-14-28(26-24-20)8-7-27-9-11-31-12-10-27/h3-6,14H,7-13H2,1-2H3,(H,23,30). The van der Waals surface area contributed by atoms with Crippen LogP contribution in [0, 0.1) is 19.7 Å². The molecule has 0 atom stereocenters. The number of ether oxygens (including phenoxy) is 1. The van der Waals surface area contributed by atoms with Crippen LogP contribution in [-0.2, 0) is 17.8 Å². The molecule has 1 saturated heterocycles. The molecule has 3 heterocycles. The number of hydrogen-bond acceptors (Lipinski definition) is 6. The third kappa shape index (κ3) is 4.97. The van der Waals surface area contributed by atoms with Gasteiger partial charge in [0.25, 0.3) is 5.91 Å². The summed E-state index contributed by atoms with van der Waals surface area (Å²) in [5.41, 5.74) is 3.65. The fourth-order valence-electron chi connectivity index (χ4n) is 3.60. The van der Waals surface area contributed by atoms with E-state index in [2.05, 4.69) is 25.6 Å². The Morgan fingerprint density at radius 2 is 1.90 bits per heavy atom. The van der Waals surface area contributed by atoms with Gasteiger partial charge < -0.3 is 10.1 Å². The van der Waals surface area contributed by atoms with Crippen LogP contribution in [0.3, 0.4) is 0 Å². The van der Waals surface area contributed by atoms with Crippen molar-refractivity contribution in [1.29, 1.82) is 0 Å². The monoisotopic (exact) mass is 427 g/mol. The van der Waals surface area contributed by atoms with Gasteiger partial charge in [0.15, 0.2) is 5.69 Å². The summed E-state index contributed by atoms with van der Waals surface area (Å²) in [7, 11) is 0. The molecule has 3 aromatic rings. The summed E-state index contributed by atoms with van der Waals surface area (Å²) >= 11 is 0. The number of nitrogens with one attached hydrogen (secondary N) is 1. The summed E-state index contributed by atoms with van der Waals surface area (Å²) in [6, 6.07) is 6.14. The number of halogens is 1. The first kappa shape index (κ1) is 21.1. The van der Waals surface area contributed by atoms with Crippen molar-refractivity contribution in [3.8, 4) is 5.69 Å². The lowest BCUT2D eigenvalue weighted by atomic mass is 10.2. The normalized spacial score (nSPS) is 14.7. The largest absolute Gasteiger partial charge is 0.379 e. The highest BCUT2D eigenvalue weighted by molar-refractivity contribution is 5.91. The average Bonchev–Trinajstić information content (AvgIpc) is 3.37. The van der Waals surface area contributed by atoms with Gasteiger partial charge in [-0.05, 0) is 38.1 Å². The van der Waals surface area contributed by atoms with Crippen LogP contribution in [0.1, 0.15) is 27.4 Å². The minimum absolute atomic E-state index is 0.281. The molecule has 0 saturated carbocycles. The van der Waals surface area contributed by atoms with E-state index >= 15 is 0 Å². The highest BCUT2D eigenvalue weighted by atomic mass is 19.1. The topological polar surface area (TPSA) is 90.1 Å². The minimum Gasteiger partial charge on any atom is -0.379 e. The van der Waals surface area contributed by atoms with Gasteiger partial charge in [-0.15, -0.1) is 5.10 Å². The van der Waals surface area contributed by atoms with Crippen molar-refractivity contribution in [3.63, 3.8) is 0 Å². The molecule has 9 nitrogen and oxygen atoms in total. The fourth-order valence-corrected chi connectivity index (χ4v) is 3.60. The number of nitrogens with zero attached hydrogens (tertiary/aromatic N) is 6. The molecule has 31 heavy (non-hydrogen) atoms. The highest BCUT2D eigenvalue weighted by Crippen LogP contribution is 2.18. The number of aryl methyl sites for hydroxylation is 1. The van der Waals surface area contributed by atoms with Crippen molar-refractivity contribution >= 4 is 5.91 Å². The quantitative estimate of drug-likeness (QED) is 0.614. The van der Waals surface area contributed by atoms with Crippen molar-refractivity contribution < 1.29 is 13.9 Å². The maximum absolute atomic E-state index is 13.2. The number of aromatic nitrogens is 5. The molecule has 10 heteroatoms. The van der Waals surface area contributed by atoms with Gasteiger partial charge in [-0.2, -0.15) is 5.10 Å². The Morgan fingerprint density at radius 1 is 1.16 bits per heavy atom. The second-order valence-electron chi connectivity index (χ2n) is 7.54. The van der Waals surface area contributed by atoms with Crippen LogP contribution in [0.4, 0.5) is 4.39 Å². The van der Waals surface area contributed by atoms with E-state index < -0.39 is 0 Å². The summed E-state index contributed by atoms with van der Waals surface area (Å²) in [5.74, 6) is -0.582. The SMILES string of the molecule is Cc1nn(-c2ccc(F)cc2)c(C)c1CNC(=O)c1cn(CCN2CCOCC2)nn1. The second-order valence-corrected chi connectivity index (χ2v) is 7.54. The van der Waals surface area contributed by atoms with Gasteiger partial charge in [0.1, 0.15) is 5.82 Å². The number of carbonyl (C=O) groups is 1. The Morgan fingerprint density at radius 3 is 2.65 bits per heavy atom. The molecule has 0 bridgehead atoms. The van der Waals surface area contributed by atoms with Crippen LogP contribution in [0.25, 0.3) is 5.69 Å². The molecule has 1 aliphatic heterocycles. The van der Waals surface area contributed by atoms with Crippen LogP contribution in [0.5, 0.6) is 0 Å². The van der Waals surface area contributed by atoms with E-state index in [4.69, 9.17) is 4.74 Å². The van der Waals surface area contributed by atoms with Gasteiger partial charge in [-0.1, -0.05) is 5.21 Å². The molecule has 0 unspecified atom stereocenters. The van der Waals surface area contributed by atoms with Crippen molar-refractivity contribution in [2.45, 2.75) is 26.9 Å². The summed E-state index contributed by atoms with van der Waals surface area (Å²) in [6.07, 6.45) is 1.66. The molecular weight excluding hydrogens is 401 g/mol. The maximum Gasteiger partial charge on any atom is 0.273 e. The molecular formula is C21H26FN7O2. The van der Waals surface area contributed by atoms with Crippen LogP contribution < -0.4 is 5.32 Å². The number of amides is 1. The van der Waals surface area contributed by atoms with Crippen LogP contribution in [-0.4, -0.2) is 68.4 Å². The lowest BCUT2D eigenvalue weighted by molar-refractivity contribution is 0.0359. The molecule has 0 aliphatic carbocycles. The molecule has 1 aliphatic rings. The lowest BCUT2D eigenvalue weighted by Gasteiger charge is -2.26. The molecule has 164 valence electrons. The Balaban J connectivity index is 1.35. The van der Waals surface area contributed by atoms with E-state index in [1.54, 1.807) is 27.7 Å². The van der Waals surface area contributed by atoms with Gasteiger partial charge >= 0.3 is 0 Å². The van der Waals surface area contributed by atoms with Crippen molar-refractivity contribution in [2.24, 2.45) is 0 Å². The lowest BCUT2D eigenvalue weighted by Crippen LogP contribution is -2.38. The first-order valence-electron chi connectivity index (χ1n) is 10.3. The summed E-state index contributed by atoms with van der Waals surface area (Å²) < 4.78 is 22.0. The van der Waals surface area contributed by atoms with Gasteiger partial charge in [-0.25, -0.2) is 9.07 Å². The highest BCUT2D eigenvalue weighted by Gasteiger charge is 2.16. The molecule has 1 amide bonds. The van der Waals surface area contributed by atoms with E-state index in [1.165, 1.54) is 12.1 Å². The molecule has 2 aromatic heterocycles. The molecule has 0 spiro atoms. The first-order valence-corrected chi connectivity index (χ1v) is 10.3. The number of hydrogen-bond donors (Lipinski definition) is 1. The number of benzene rings is 1. The number of morpholine rings is 1. The Bertz CT molecular complexity index is 1040. The van der Waals surface area contributed by atoms with E-state index in [1.807, 2.05) is 13.8 Å². The third-order valence-electron chi connectivity index (χ3n) is 5.46. The zero-order chi connectivity index (χ0) is 21.8. The number of carbonyl (C=O) groups excluding carboxylic acids is 1. The van der Waals surface area contributed by atoms with Crippen LogP contribution >= 0.6 is 0 Å². The Labute approximate surface area is 179 Å². The minimum atomic E-state index is -0.296. The zero-order valence-electron chi connectivity index (χ0n) is 17.7. The summed E-state index contributed by atoms with van der Waals surface area (Å²) in [4.78, 5) is 14.9. The van der Waals surface area contributed by atoms with Crippen molar-refractivity contribution in [3.05, 3.63) is 58.9 Å². The van der Waals surface area contributed by atoms with E-state index in [9.17, 15) is 9.18 Å². The zero-order valence-corrected chi connectivity index (χ0v) is 17.7. The number of rotatable bonds is 7. The molecule has 4 rings (SSSR count). The van der Waals surface area contributed by atoms with Crippen LogP contribution in [0.15, 0.2) is 30.5 Å². The smallest absolute Gasteiger partial charge is 0.273 e. The third-order valence-corrected chi connectivity index (χ3v) is 5.46. The predicted octanol–water partition coefficient (Wildman–Crippen LogP) is 1.48. The fraction of sp³-hybridized carbons (Fsp3) is 0.429. The predicted molar refractivity (Wildman–Crippen MR) is 111 cm³/mol. The Kier molecular flexibility index (Phi) is 6.38. The maximum atomic E-state index is 13.2. The van der Waals surface area contributed by atoms with Crippen molar-refractivity contribution in [2.75, 3.05) is 32.8 Å². The van der Waals surface area contributed by atoms with Gasteiger partial charge in [-0.3, -0.25) is 14.4 Å². The van der Waals surface area contributed by atoms with Gasteiger partial charge in [0, 0.05) is 37.4 Å². The summed E-state index contributed by atoms with van der Waals surface area (Å²) in [5, 5.41) is 15.5. The van der Waals surface area contributed by atoms with Crippen molar-refractivity contribution in [1.82, 2.24) is 35.0 Å². The first-order chi connectivity index (χ1) is 15.0. The van der Waals surface area contributed by atoms with Gasteiger partial charge in [0.05, 0.1) is 37.3 Å². The average molecular weight is 427 g/mol. The molecule has 1 aromatic carbocycles. The Hall–Kier alpha value is -3.11. The summed E-state index contributed by atoms with van der Waals surface area (Å²) in [6.45, 7) is 8.96. The van der Waals surface area contributed by atoms with E-state index in [0.717, 1.165) is 55.5 Å². The molecule has 1 N–H and O–H groups in total. The van der Waals surface area contributed by atoms with E-state index in [0.29, 0.717) is 13.1 Å². The van der Waals surface area contributed by atoms with Gasteiger partial charge in [0.2, 0.25) is 0 Å². The molecule has 1 fully saturated rings.